The van der Waals surface area contributed by atoms with Gasteiger partial charge in [-0.1, -0.05) is 43.9 Å². The second kappa shape index (κ2) is 13.3. The maximum Gasteiger partial charge on any atom is 0.247 e. The molecule has 0 aromatic carbocycles. The first-order valence-electron chi connectivity index (χ1n) is 13.1. The lowest BCUT2D eigenvalue weighted by Gasteiger charge is -2.47. The molecule has 3 aliphatic rings. The molecule has 194 valence electrons. The molecule has 0 N–H and O–H groups in total. The molecule has 0 aromatic rings. The zero-order valence-electron chi connectivity index (χ0n) is 22.0. The molecule has 2 saturated heterocycles. The van der Waals surface area contributed by atoms with E-state index in [4.69, 9.17) is 10.00 Å². The summed E-state index contributed by atoms with van der Waals surface area (Å²) in [6.45, 7) is 13.3. The number of carbonyl (C=O) groups is 2. The summed E-state index contributed by atoms with van der Waals surface area (Å²) in [6.07, 6.45) is 14.7. The van der Waals surface area contributed by atoms with Crippen molar-refractivity contribution >= 4 is 11.8 Å². The van der Waals surface area contributed by atoms with E-state index in [1.54, 1.807) is 28.0 Å². The summed E-state index contributed by atoms with van der Waals surface area (Å²) in [4.78, 5) is 31.9. The first kappa shape index (κ1) is 27.5. The Morgan fingerprint density at radius 2 is 2.08 bits per heavy atom. The summed E-state index contributed by atoms with van der Waals surface area (Å²) in [6, 6.07) is 1.69. The lowest BCUT2D eigenvalue weighted by atomic mass is 9.88. The molecule has 3 heterocycles. The Bertz CT molecular complexity index is 987. The van der Waals surface area contributed by atoms with Crippen molar-refractivity contribution in [3.8, 4) is 6.07 Å². The van der Waals surface area contributed by atoms with Gasteiger partial charge in [-0.25, -0.2) is 0 Å². The predicted molar refractivity (Wildman–Crippen MR) is 142 cm³/mol. The van der Waals surface area contributed by atoms with Gasteiger partial charge in [0, 0.05) is 44.7 Å². The molecule has 0 bridgehead atoms. The van der Waals surface area contributed by atoms with Crippen LogP contribution < -0.4 is 0 Å². The van der Waals surface area contributed by atoms with Crippen LogP contribution in [0.2, 0.25) is 0 Å². The van der Waals surface area contributed by atoms with Crippen molar-refractivity contribution in [1.29, 1.82) is 5.26 Å². The number of rotatable bonds is 10. The highest BCUT2D eigenvalue weighted by Crippen LogP contribution is 2.33. The lowest BCUT2D eigenvalue weighted by molar-refractivity contribution is -0.159. The fourth-order valence-electron chi connectivity index (χ4n) is 5.20. The van der Waals surface area contributed by atoms with E-state index in [1.807, 2.05) is 19.1 Å². The van der Waals surface area contributed by atoms with Gasteiger partial charge in [-0.3, -0.25) is 14.5 Å². The van der Waals surface area contributed by atoms with E-state index in [-0.39, 0.29) is 24.5 Å². The number of hydrogen-bond acceptors (Lipinski definition) is 5. The van der Waals surface area contributed by atoms with Crippen molar-refractivity contribution in [1.82, 2.24) is 14.7 Å². The number of piperazine rings is 2. The summed E-state index contributed by atoms with van der Waals surface area (Å²) < 4.78 is 6.26. The Hall–Kier alpha value is -3.11. The minimum Gasteiger partial charge on any atom is -0.494 e. The van der Waals surface area contributed by atoms with Gasteiger partial charge in [0.2, 0.25) is 11.8 Å². The van der Waals surface area contributed by atoms with Crippen LogP contribution in [0.5, 0.6) is 0 Å². The van der Waals surface area contributed by atoms with Gasteiger partial charge in [-0.2, -0.15) is 5.26 Å². The number of carbonyl (C=O) groups excluding carboxylic acids is 2. The average molecular weight is 493 g/mol. The van der Waals surface area contributed by atoms with E-state index in [2.05, 4.69) is 37.5 Å². The molecule has 0 radical (unpaired) electrons. The quantitative estimate of drug-likeness (QED) is 0.341. The number of allylic oxidation sites excluding steroid dienone is 6. The van der Waals surface area contributed by atoms with E-state index in [0.717, 1.165) is 38.1 Å². The molecule has 0 spiro atoms. The minimum atomic E-state index is -0.421. The normalized spacial score (nSPS) is 25.9. The molecule has 7 heteroatoms. The van der Waals surface area contributed by atoms with Crippen molar-refractivity contribution in [3.63, 3.8) is 0 Å². The summed E-state index contributed by atoms with van der Waals surface area (Å²) in [5.74, 6) is 1.48. The number of fused-ring (bicyclic) bond motifs is 1. The van der Waals surface area contributed by atoms with Gasteiger partial charge in [0.05, 0.1) is 24.5 Å². The standard InChI is InChI=1S/C29H40N4O3/c1-5-8-9-13-27-22(4)24(17-25(7-3)36-27)19-31-15-16-33-26(20-31)29(35)32(21-28(33)34)14-11-10-12-23(6-2)18-30/h5-6,8-10,12,24-26H,1,7,11,13-17,19-21H2,2-4H3/b9-8-,12-10-,23-6+. The van der Waals surface area contributed by atoms with Crippen molar-refractivity contribution in [2.45, 2.75) is 58.6 Å². The van der Waals surface area contributed by atoms with Crippen LogP contribution in [0, 0.1) is 17.2 Å². The Kier molecular flexibility index (Phi) is 10.1. The molecule has 3 rings (SSSR count). The molecule has 7 nitrogen and oxygen atoms in total. The second-order valence-corrected chi connectivity index (χ2v) is 9.72. The third-order valence-corrected chi connectivity index (χ3v) is 7.43. The van der Waals surface area contributed by atoms with Crippen LogP contribution in [0.1, 0.15) is 46.5 Å². The highest BCUT2D eigenvalue weighted by molar-refractivity contribution is 5.95. The number of nitrogens with zero attached hydrogens (tertiary/aromatic N) is 4. The summed E-state index contributed by atoms with van der Waals surface area (Å²) in [7, 11) is 0. The summed E-state index contributed by atoms with van der Waals surface area (Å²) >= 11 is 0. The Morgan fingerprint density at radius 3 is 2.78 bits per heavy atom. The van der Waals surface area contributed by atoms with Gasteiger partial charge < -0.3 is 14.5 Å². The maximum absolute atomic E-state index is 13.3. The van der Waals surface area contributed by atoms with Crippen LogP contribution in [-0.2, 0) is 14.3 Å². The number of amides is 2. The van der Waals surface area contributed by atoms with Crippen LogP contribution in [0.4, 0.5) is 0 Å². The third-order valence-electron chi connectivity index (χ3n) is 7.43. The number of ether oxygens (including phenoxy) is 1. The predicted octanol–water partition coefficient (Wildman–Crippen LogP) is 3.98. The average Bonchev–Trinajstić information content (AvgIpc) is 2.89. The van der Waals surface area contributed by atoms with Crippen LogP contribution in [0.25, 0.3) is 0 Å². The molecular formula is C29H40N4O3. The van der Waals surface area contributed by atoms with E-state index in [1.165, 1.54) is 5.57 Å². The van der Waals surface area contributed by atoms with Crippen molar-refractivity contribution < 1.29 is 14.3 Å². The zero-order valence-corrected chi connectivity index (χ0v) is 22.0. The molecule has 2 amide bonds. The smallest absolute Gasteiger partial charge is 0.247 e. The van der Waals surface area contributed by atoms with Crippen LogP contribution in [0.15, 0.2) is 59.9 Å². The number of hydrogen-bond donors (Lipinski definition) is 0. The molecular weight excluding hydrogens is 452 g/mol. The van der Waals surface area contributed by atoms with Gasteiger partial charge in [0.25, 0.3) is 0 Å². The molecule has 0 aliphatic carbocycles. The van der Waals surface area contributed by atoms with Crippen LogP contribution >= 0.6 is 0 Å². The molecule has 3 unspecified atom stereocenters. The summed E-state index contributed by atoms with van der Waals surface area (Å²) in [5.41, 5.74) is 1.88. The van der Waals surface area contributed by atoms with Gasteiger partial charge in [-0.05, 0) is 50.7 Å². The highest BCUT2D eigenvalue weighted by Gasteiger charge is 2.42. The van der Waals surface area contributed by atoms with Crippen LogP contribution in [0.3, 0.4) is 0 Å². The van der Waals surface area contributed by atoms with Gasteiger partial charge in [-0.15, -0.1) is 0 Å². The fraction of sp³-hybridized carbons (Fsp3) is 0.552. The van der Waals surface area contributed by atoms with Crippen molar-refractivity contribution in [2.24, 2.45) is 5.92 Å². The SMILES string of the molecule is C=C/C=C\CC1=C(C)C(CN2CCN3C(=O)CN(CC/C=C\C(C#N)=C/C)C(=O)C3C2)CC(CC)O1. The van der Waals surface area contributed by atoms with Crippen molar-refractivity contribution in [2.75, 3.05) is 39.3 Å². The highest BCUT2D eigenvalue weighted by atomic mass is 16.5. The van der Waals surface area contributed by atoms with E-state index < -0.39 is 6.04 Å². The first-order valence-corrected chi connectivity index (χ1v) is 13.1. The maximum atomic E-state index is 13.3. The minimum absolute atomic E-state index is 0.0267. The Morgan fingerprint density at radius 1 is 1.28 bits per heavy atom. The van der Waals surface area contributed by atoms with E-state index in [9.17, 15) is 9.59 Å². The number of nitriles is 1. The van der Waals surface area contributed by atoms with Gasteiger partial charge in [0.1, 0.15) is 6.04 Å². The first-order chi connectivity index (χ1) is 17.4. The Balaban J connectivity index is 1.64. The lowest BCUT2D eigenvalue weighted by Crippen LogP contribution is -2.67. The topological polar surface area (TPSA) is 76.9 Å². The second-order valence-electron chi connectivity index (χ2n) is 9.72. The third kappa shape index (κ3) is 6.76. The Labute approximate surface area is 216 Å². The molecule has 2 fully saturated rings. The molecule has 0 aromatic heterocycles. The molecule has 3 aliphatic heterocycles. The monoisotopic (exact) mass is 492 g/mol. The zero-order chi connectivity index (χ0) is 26.1. The molecule has 36 heavy (non-hydrogen) atoms. The summed E-state index contributed by atoms with van der Waals surface area (Å²) in [5, 5.41) is 9.03. The van der Waals surface area contributed by atoms with Gasteiger partial charge in [0.15, 0.2) is 0 Å². The van der Waals surface area contributed by atoms with Gasteiger partial charge >= 0.3 is 0 Å². The van der Waals surface area contributed by atoms with Crippen molar-refractivity contribution in [3.05, 3.63) is 59.9 Å². The van der Waals surface area contributed by atoms with Crippen LogP contribution in [-0.4, -0.2) is 77.9 Å². The van der Waals surface area contributed by atoms with E-state index >= 15 is 0 Å². The molecule has 0 saturated carbocycles. The molecule has 3 atom stereocenters. The fourth-order valence-corrected chi connectivity index (χ4v) is 5.20. The van der Waals surface area contributed by atoms with E-state index in [0.29, 0.717) is 37.5 Å². The largest absolute Gasteiger partial charge is 0.494 e.